The molecule has 0 radical (unpaired) electrons. The third-order valence-electron chi connectivity index (χ3n) is 21.6. The summed E-state index contributed by atoms with van der Waals surface area (Å²) in [4.78, 5) is 175. The molecule has 7 aromatic rings. The maximum atomic E-state index is 16.3. The number of nitrogens with one attached hydrogen (secondary N) is 11. The summed E-state index contributed by atoms with van der Waals surface area (Å²) in [5.41, 5.74) is 9.67. The van der Waals surface area contributed by atoms with E-state index < -0.39 is 277 Å². The van der Waals surface area contributed by atoms with Gasteiger partial charge < -0.3 is 134 Å². The number of anilines is 1. The lowest BCUT2D eigenvalue weighted by atomic mass is 9.85. The van der Waals surface area contributed by atoms with Gasteiger partial charge in [0.1, 0.15) is 101 Å². The van der Waals surface area contributed by atoms with Crippen LogP contribution in [0.5, 0.6) is 46.0 Å². The Balaban J connectivity index is 1.00. The van der Waals surface area contributed by atoms with Gasteiger partial charge in [0.2, 0.25) is 59.3 Å². The van der Waals surface area contributed by atoms with Crippen molar-refractivity contribution in [3.05, 3.63) is 180 Å². The standard InChI is InChI=1S/C83H90Cl3N15O27/c1-33(2)22-46(89-5)73(114)97-63-65(108)37-10-15-50(44(85)24-37)124-52-26-39-27-53(69(52)128-81-70(68(111)67(110)54(32-102)126-81)127-58-31-83(4,71(112)34(3)123-58)90-19-21-101-20-18-56(93-82(101)122)92-57(107)17-8-35-6-12-40(84)13-7-35)125-51-16-11-38(25-45(51)86)66(109)64-78(119)96-62(79(120)99-100-80(121)72(88)113)43-28-41(103)29-49(105)59(43)42-23-36(9-14-48(42)104)60(75(116)98-64)95-76(117)61(39)94-74(115)47(30-55(87)106)91-77(63)118/h6-18,20,23-29,33-34,46-47,54,58,60-68,70-71,81,89-90,102-105,108-112H,19,21-22,30-32H2,1-5H3,(H2,87,106)(H2,88,113)(H,91,118)(H,94,115)(H,95,117)(H,96,119)(H,97,114)(H,98,116)(H,99,120)(H,100,121)(H,92,93,107,122)/b17-8+/t34-,46+,47-,54+,58-,60+,61?,62+,63+,64-,65+,66+,67+,68-,70+,71+,81-,83-/m0/s1. The predicted molar refractivity (Wildman–Crippen MR) is 449 cm³/mol. The van der Waals surface area contributed by atoms with Gasteiger partial charge in [-0.25, -0.2) is 4.79 Å². The fourth-order valence-corrected chi connectivity index (χ4v) is 15.5. The third-order valence-corrected chi connectivity index (χ3v) is 22.4. The Hall–Kier alpha value is -12.7. The van der Waals surface area contributed by atoms with E-state index in [1.54, 1.807) is 50.5 Å². The molecule has 1 unspecified atom stereocenters. The molecule has 11 amide bonds. The largest absolute Gasteiger partial charge is 0.508 e. The molecule has 45 heteroatoms. The number of likely N-dealkylation sites (N-methyl/N-ethyl adjacent to an activating group) is 1. The molecule has 18 atom stereocenters. The molecule has 0 saturated carbocycles. The van der Waals surface area contributed by atoms with Crippen molar-refractivity contribution in [1.82, 2.24) is 62.9 Å². The smallest absolute Gasteiger partial charge is 0.349 e. The number of fused-ring (bicyclic) bond motifs is 15. The van der Waals surface area contributed by atoms with E-state index in [2.05, 4.69) is 52.8 Å². The van der Waals surface area contributed by atoms with Crippen molar-refractivity contribution in [1.29, 1.82) is 0 Å². The van der Waals surface area contributed by atoms with E-state index in [9.17, 15) is 79.5 Å². The topological polar surface area (TPSA) is 644 Å². The second-order valence-electron chi connectivity index (χ2n) is 31.2. The van der Waals surface area contributed by atoms with Crippen molar-refractivity contribution in [2.75, 3.05) is 25.5 Å². The maximum absolute atomic E-state index is 16.3. The number of carbonyl (C=O) groups excluding carboxylic acids is 11. The minimum absolute atomic E-state index is 0.0503. The predicted octanol–water partition coefficient (Wildman–Crippen LogP) is -0.153. The molecule has 6 aromatic carbocycles. The number of carbonyl (C=O) groups is 11. The maximum Gasteiger partial charge on any atom is 0.349 e. The molecule has 128 heavy (non-hydrogen) atoms. The van der Waals surface area contributed by atoms with Crippen LogP contribution in [-0.2, 0) is 73.5 Å². The minimum atomic E-state index is -2.44. The number of halogens is 3. The molecular weight excluding hydrogens is 1750 g/mol. The Labute approximate surface area is 741 Å². The SMILES string of the molecule is CN[C@H](CC(C)C)C(=O)N[C@H]1C(=O)N[C@@H](CC(N)=O)C(=O)NC2C(=O)N[C@H]3C(=O)N[C@H](C(=O)N[C@@H](C(=O)NNC(=O)C(N)=O)c4cc(O)cc(O)c4-c4cc3ccc4O)[C@H](O)c3ccc(c(Cl)c3)Oc3cc2cc(c3O[C@@H]2O[C@H](CO)[C@@H](O)[C@H](O)[C@H]2O[C@H]2C[C@](C)(NCCn3ccc(NC(=O)/C=C/c4ccc(Cl)cc4)nc3=O)[C@H](O)[C@H](C)O2)Oc2ccc(cc2Cl)[C@H]1O. The van der Waals surface area contributed by atoms with Gasteiger partial charge in [-0.3, -0.25) is 68.2 Å². The van der Waals surface area contributed by atoms with Gasteiger partial charge in [0.15, 0.2) is 23.9 Å². The number of hydrazine groups is 1. The van der Waals surface area contributed by atoms with Gasteiger partial charge in [0.05, 0.1) is 41.3 Å². The van der Waals surface area contributed by atoms with Gasteiger partial charge in [-0.15, -0.1) is 0 Å². The van der Waals surface area contributed by atoms with Gasteiger partial charge in [-0.1, -0.05) is 79.0 Å². The number of aliphatic hydroxyl groups excluding tert-OH is 6. The molecule has 11 bridgehead atoms. The normalized spacial score (nSPS) is 25.6. The van der Waals surface area contributed by atoms with Gasteiger partial charge in [-0.2, -0.15) is 4.98 Å². The first-order valence-electron chi connectivity index (χ1n) is 39.6. The molecule has 14 rings (SSSR count). The van der Waals surface area contributed by atoms with Crippen molar-refractivity contribution >= 4 is 112 Å². The number of hydrogen-bond acceptors (Lipinski definition) is 30. The number of amides is 11. The number of aliphatic hydroxyl groups is 6. The number of ether oxygens (including phenoxy) is 6. The molecule has 680 valence electrons. The number of rotatable bonds is 20. The van der Waals surface area contributed by atoms with Gasteiger partial charge >= 0.3 is 17.5 Å². The zero-order valence-corrected chi connectivity index (χ0v) is 70.6. The van der Waals surface area contributed by atoms with E-state index in [1.807, 2.05) is 5.43 Å². The van der Waals surface area contributed by atoms with Gasteiger partial charge in [-0.05, 0) is 145 Å². The average molecular weight is 1840 g/mol. The molecular formula is C83H90Cl3N15O27. The van der Waals surface area contributed by atoms with Crippen LogP contribution >= 0.6 is 34.8 Å². The molecule has 2 saturated heterocycles. The lowest BCUT2D eigenvalue weighted by Crippen LogP contribution is -2.65. The summed E-state index contributed by atoms with van der Waals surface area (Å²) in [5.74, 6) is -20.6. The van der Waals surface area contributed by atoms with Crippen LogP contribution < -0.4 is 90.1 Å². The molecule has 7 aliphatic rings. The summed E-state index contributed by atoms with van der Waals surface area (Å²) >= 11 is 20.3. The fourth-order valence-electron chi connectivity index (χ4n) is 14.9. The minimum Gasteiger partial charge on any atom is -0.508 e. The van der Waals surface area contributed by atoms with E-state index in [0.29, 0.717) is 10.6 Å². The quantitative estimate of drug-likeness (QED) is 0.0268. The van der Waals surface area contributed by atoms with E-state index in [-0.39, 0.29) is 48.8 Å². The number of benzene rings is 6. The molecule has 0 spiro atoms. The Morgan fingerprint density at radius 2 is 1.34 bits per heavy atom. The third kappa shape index (κ3) is 21.6. The van der Waals surface area contributed by atoms with E-state index >= 15 is 24.0 Å². The highest BCUT2D eigenvalue weighted by Crippen LogP contribution is 2.50. The number of phenolic OH excluding ortho intramolecular Hbond substituents is 3. The van der Waals surface area contributed by atoms with Crippen molar-refractivity contribution in [3.63, 3.8) is 0 Å². The summed E-state index contributed by atoms with van der Waals surface area (Å²) < 4.78 is 40.5. The Morgan fingerprint density at radius 3 is 1.97 bits per heavy atom. The molecule has 42 nitrogen and oxygen atoms in total. The van der Waals surface area contributed by atoms with Crippen LogP contribution in [0.25, 0.3) is 17.2 Å². The van der Waals surface area contributed by atoms with E-state index in [4.69, 9.17) is 74.7 Å². The monoisotopic (exact) mass is 1830 g/mol. The van der Waals surface area contributed by atoms with Crippen LogP contribution in [0.1, 0.15) is 111 Å². The lowest BCUT2D eigenvalue weighted by Gasteiger charge is -2.48. The number of nitrogens with two attached hydrogens (primary N) is 2. The number of phenols is 3. The first-order valence-corrected chi connectivity index (χ1v) is 40.7. The summed E-state index contributed by atoms with van der Waals surface area (Å²) in [7, 11) is 1.45. The van der Waals surface area contributed by atoms with E-state index in [0.717, 1.165) is 72.8 Å². The average Bonchev–Trinajstić information content (AvgIpc) is 0.762. The molecule has 2 fully saturated rings. The molecule has 1 aromatic heterocycles. The summed E-state index contributed by atoms with van der Waals surface area (Å²) in [6, 6.07) is 6.30. The highest BCUT2D eigenvalue weighted by Gasteiger charge is 2.52. The van der Waals surface area contributed by atoms with E-state index in [1.165, 1.54) is 49.0 Å². The van der Waals surface area contributed by atoms with Crippen LogP contribution in [0.15, 0.2) is 126 Å². The van der Waals surface area contributed by atoms with Crippen molar-refractivity contribution in [2.24, 2.45) is 17.4 Å². The first-order chi connectivity index (χ1) is 60.7. The van der Waals surface area contributed by atoms with Crippen LogP contribution in [-0.4, -0.2) is 220 Å². The van der Waals surface area contributed by atoms with Crippen LogP contribution in [0.3, 0.4) is 0 Å². The number of primary amides is 2. The number of aromatic nitrogens is 2. The molecule has 7 aliphatic heterocycles. The zero-order valence-electron chi connectivity index (χ0n) is 68.3. The van der Waals surface area contributed by atoms with Gasteiger partial charge in [0.25, 0.3) is 5.91 Å². The molecule has 0 aliphatic carbocycles. The highest BCUT2D eigenvalue weighted by molar-refractivity contribution is 6.34. The van der Waals surface area contributed by atoms with Crippen molar-refractivity contribution in [3.8, 4) is 57.1 Å². The van der Waals surface area contributed by atoms with Crippen molar-refractivity contribution in [2.45, 2.75) is 163 Å². The highest BCUT2D eigenvalue weighted by atomic mass is 35.5. The lowest BCUT2D eigenvalue weighted by molar-refractivity contribution is -0.334. The summed E-state index contributed by atoms with van der Waals surface area (Å²) in [6.07, 6.45) is -15.7. The fraction of sp³-hybridized carbons (Fsp3) is 0.361. The zero-order chi connectivity index (χ0) is 92.8. The van der Waals surface area contributed by atoms with Gasteiger partial charge in [0, 0.05) is 59.5 Å². The second kappa shape index (κ2) is 40.1. The van der Waals surface area contributed by atoms with Crippen LogP contribution in [0, 0.1) is 5.92 Å². The Bertz CT molecular complexity index is 5580. The number of hydrogen-bond donors (Lipinski definition) is 22. The summed E-state index contributed by atoms with van der Waals surface area (Å²) in [6.45, 7) is 5.50. The molecule has 8 heterocycles. The second-order valence-corrected chi connectivity index (χ2v) is 32.4. The Kier molecular flexibility index (Phi) is 29.6. The summed E-state index contributed by atoms with van der Waals surface area (Å²) in [5, 5.41) is 129. The molecule has 24 N–H and O–H groups in total. The first kappa shape index (κ1) is 94.5. The van der Waals surface area contributed by atoms with Crippen LogP contribution in [0.4, 0.5) is 5.82 Å². The number of nitrogens with zero attached hydrogens (tertiary/aromatic N) is 2. The Morgan fingerprint density at radius 1 is 0.703 bits per heavy atom. The number of aromatic hydroxyl groups is 3. The van der Waals surface area contributed by atoms with Crippen molar-refractivity contribution < 1.29 is 127 Å². The van der Waals surface area contributed by atoms with Crippen LogP contribution in [0.2, 0.25) is 15.1 Å².